The van der Waals surface area contributed by atoms with Crippen molar-refractivity contribution in [2.75, 3.05) is 4.66 Å². The van der Waals surface area contributed by atoms with Crippen LogP contribution in [0, 0.1) is 5.92 Å². The van der Waals surface area contributed by atoms with Crippen molar-refractivity contribution in [2.24, 2.45) is 5.92 Å². The SMILES string of the molecule is CC(NS(=O)(=O)CBr)C1CCCC1. The van der Waals surface area contributed by atoms with E-state index in [0.29, 0.717) is 5.92 Å². The number of halogens is 1. The van der Waals surface area contributed by atoms with E-state index in [9.17, 15) is 8.42 Å². The predicted octanol–water partition coefficient (Wildman–Crippen LogP) is 1.84. The number of hydrogen-bond donors (Lipinski definition) is 1. The van der Waals surface area contributed by atoms with Gasteiger partial charge in [-0.05, 0) is 25.7 Å². The third kappa shape index (κ3) is 3.56. The van der Waals surface area contributed by atoms with Crippen molar-refractivity contribution in [3.8, 4) is 0 Å². The molecule has 1 saturated carbocycles. The summed E-state index contributed by atoms with van der Waals surface area (Å²) in [6.45, 7) is 1.95. The maximum absolute atomic E-state index is 11.2. The molecule has 1 N–H and O–H groups in total. The lowest BCUT2D eigenvalue weighted by Gasteiger charge is -2.19. The molecule has 0 aromatic carbocycles. The van der Waals surface area contributed by atoms with Gasteiger partial charge in [0, 0.05) is 6.04 Å². The molecule has 0 aromatic heterocycles. The molecule has 0 bridgehead atoms. The molecular formula is C8H16BrNO2S. The van der Waals surface area contributed by atoms with Crippen LogP contribution in [0.15, 0.2) is 0 Å². The zero-order chi connectivity index (χ0) is 9.90. The summed E-state index contributed by atoms with van der Waals surface area (Å²) >= 11 is 2.96. The lowest BCUT2D eigenvalue weighted by Crippen LogP contribution is -2.37. The van der Waals surface area contributed by atoms with E-state index in [4.69, 9.17) is 0 Å². The van der Waals surface area contributed by atoms with E-state index in [1.165, 1.54) is 12.8 Å². The molecule has 1 atom stereocenters. The zero-order valence-electron chi connectivity index (χ0n) is 7.79. The number of hydrogen-bond acceptors (Lipinski definition) is 2. The Kier molecular flexibility index (Phi) is 4.19. The third-order valence-electron chi connectivity index (χ3n) is 2.62. The predicted molar refractivity (Wildman–Crippen MR) is 57.3 cm³/mol. The fraction of sp³-hybridized carbons (Fsp3) is 1.00. The van der Waals surface area contributed by atoms with E-state index >= 15 is 0 Å². The second-order valence-electron chi connectivity index (χ2n) is 3.67. The van der Waals surface area contributed by atoms with E-state index in [1.807, 2.05) is 6.92 Å². The first-order valence-corrected chi connectivity index (χ1v) is 7.38. The van der Waals surface area contributed by atoms with Crippen LogP contribution in [0.5, 0.6) is 0 Å². The highest BCUT2D eigenvalue weighted by atomic mass is 79.9. The maximum Gasteiger partial charge on any atom is 0.221 e. The van der Waals surface area contributed by atoms with E-state index < -0.39 is 10.0 Å². The smallest absolute Gasteiger partial charge is 0.212 e. The molecule has 13 heavy (non-hydrogen) atoms. The van der Waals surface area contributed by atoms with Crippen LogP contribution in [0.25, 0.3) is 0 Å². The van der Waals surface area contributed by atoms with Crippen molar-refractivity contribution < 1.29 is 8.42 Å². The van der Waals surface area contributed by atoms with Gasteiger partial charge >= 0.3 is 0 Å². The van der Waals surface area contributed by atoms with Crippen molar-refractivity contribution in [1.29, 1.82) is 0 Å². The second-order valence-corrected chi connectivity index (χ2v) is 6.73. The molecule has 3 nitrogen and oxygen atoms in total. The van der Waals surface area contributed by atoms with Gasteiger partial charge in [-0.1, -0.05) is 28.8 Å². The number of nitrogens with one attached hydrogen (secondary N) is 1. The van der Waals surface area contributed by atoms with Crippen LogP contribution in [0.4, 0.5) is 0 Å². The van der Waals surface area contributed by atoms with Crippen LogP contribution in [0.2, 0.25) is 0 Å². The lowest BCUT2D eigenvalue weighted by atomic mass is 10.0. The maximum atomic E-state index is 11.2. The first-order valence-electron chi connectivity index (χ1n) is 4.61. The Morgan fingerprint density at radius 3 is 2.46 bits per heavy atom. The van der Waals surface area contributed by atoms with Gasteiger partial charge in [0.2, 0.25) is 10.0 Å². The molecule has 0 aliphatic heterocycles. The van der Waals surface area contributed by atoms with Gasteiger partial charge in [-0.3, -0.25) is 0 Å². The van der Waals surface area contributed by atoms with E-state index in [0.717, 1.165) is 12.8 Å². The Bertz CT molecular complexity index is 247. The van der Waals surface area contributed by atoms with E-state index in [1.54, 1.807) is 0 Å². The Labute approximate surface area is 88.5 Å². The highest BCUT2D eigenvalue weighted by Gasteiger charge is 2.24. The standard InChI is InChI=1S/C8H16BrNO2S/c1-7(8-4-2-3-5-8)10-13(11,12)6-9/h7-8,10H,2-6H2,1H3. The summed E-state index contributed by atoms with van der Waals surface area (Å²) < 4.78 is 25.1. The first-order chi connectivity index (χ1) is 6.05. The van der Waals surface area contributed by atoms with Crippen LogP contribution in [-0.4, -0.2) is 19.1 Å². The van der Waals surface area contributed by atoms with Gasteiger partial charge in [0.25, 0.3) is 0 Å². The molecule has 0 radical (unpaired) electrons. The topological polar surface area (TPSA) is 46.2 Å². The molecule has 0 amide bonds. The molecule has 1 unspecified atom stereocenters. The van der Waals surface area contributed by atoms with Gasteiger partial charge in [0.05, 0.1) is 0 Å². The number of rotatable bonds is 4. The normalized spacial score (nSPS) is 22.0. The van der Waals surface area contributed by atoms with Crippen LogP contribution in [0.1, 0.15) is 32.6 Å². The second kappa shape index (κ2) is 4.75. The van der Waals surface area contributed by atoms with Crippen LogP contribution in [0.3, 0.4) is 0 Å². The summed E-state index contributed by atoms with van der Waals surface area (Å²) in [4.78, 5) is 0. The highest BCUT2D eigenvalue weighted by Crippen LogP contribution is 2.27. The minimum atomic E-state index is -3.09. The summed E-state index contributed by atoms with van der Waals surface area (Å²) in [6.07, 6.45) is 4.80. The molecule has 1 aliphatic carbocycles. The largest absolute Gasteiger partial charge is 0.221 e. The van der Waals surface area contributed by atoms with Crippen LogP contribution >= 0.6 is 15.9 Å². The quantitative estimate of drug-likeness (QED) is 0.792. The van der Waals surface area contributed by atoms with Crippen molar-refractivity contribution >= 4 is 26.0 Å². The van der Waals surface area contributed by atoms with Crippen LogP contribution in [-0.2, 0) is 10.0 Å². The van der Waals surface area contributed by atoms with Crippen LogP contribution < -0.4 is 4.72 Å². The molecular weight excluding hydrogens is 254 g/mol. The van der Waals surface area contributed by atoms with Crippen molar-refractivity contribution in [3.63, 3.8) is 0 Å². The average molecular weight is 270 g/mol. The minimum absolute atomic E-state index is 0.00292. The first kappa shape index (κ1) is 11.5. The Morgan fingerprint density at radius 1 is 1.46 bits per heavy atom. The zero-order valence-corrected chi connectivity index (χ0v) is 10.2. The molecule has 5 heteroatoms. The number of alkyl halides is 1. The fourth-order valence-corrected chi connectivity index (χ4v) is 3.09. The number of sulfonamides is 1. The summed E-state index contributed by atoms with van der Waals surface area (Å²) in [5.41, 5.74) is 0. The molecule has 0 heterocycles. The summed E-state index contributed by atoms with van der Waals surface area (Å²) in [5, 5.41) is 0. The lowest BCUT2D eigenvalue weighted by molar-refractivity contribution is 0.425. The minimum Gasteiger partial charge on any atom is -0.212 e. The molecule has 78 valence electrons. The summed E-state index contributed by atoms with van der Waals surface area (Å²) in [5.74, 6) is 0.536. The van der Waals surface area contributed by atoms with Gasteiger partial charge in [-0.2, -0.15) is 0 Å². The van der Waals surface area contributed by atoms with Gasteiger partial charge in [0.15, 0.2) is 0 Å². The van der Waals surface area contributed by atoms with Gasteiger partial charge in [0.1, 0.15) is 4.66 Å². The molecule has 1 rings (SSSR count). The highest BCUT2D eigenvalue weighted by molar-refractivity contribution is 9.10. The van der Waals surface area contributed by atoms with E-state index in [-0.39, 0.29) is 10.7 Å². The molecule has 1 aliphatic rings. The van der Waals surface area contributed by atoms with Gasteiger partial charge in [-0.25, -0.2) is 13.1 Å². The van der Waals surface area contributed by atoms with Crippen molar-refractivity contribution in [2.45, 2.75) is 38.6 Å². The summed E-state index contributed by atoms with van der Waals surface area (Å²) in [6, 6.07) is 0.0880. The molecule has 1 fully saturated rings. The third-order valence-corrected chi connectivity index (χ3v) is 5.44. The summed E-state index contributed by atoms with van der Waals surface area (Å²) in [7, 11) is -3.09. The Hall–Kier alpha value is 0.390. The van der Waals surface area contributed by atoms with Gasteiger partial charge < -0.3 is 0 Å². The Morgan fingerprint density at radius 2 is 2.00 bits per heavy atom. The van der Waals surface area contributed by atoms with Crippen molar-refractivity contribution in [1.82, 2.24) is 4.72 Å². The molecule has 0 saturated heterocycles. The van der Waals surface area contributed by atoms with E-state index in [2.05, 4.69) is 20.7 Å². The molecule has 0 spiro atoms. The average Bonchev–Trinajstić information content (AvgIpc) is 2.55. The van der Waals surface area contributed by atoms with Gasteiger partial charge in [-0.15, -0.1) is 0 Å². The molecule has 0 aromatic rings. The fourth-order valence-electron chi connectivity index (χ4n) is 1.87. The van der Waals surface area contributed by atoms with Crippen molar-refractivity contribution in [3.05, 3.63) is 0 Å². The Balaban J connectivity index is 2.44. The monoisotopic (exact) mass is 269 g/mol.